The molecule has 2 amide bonds. The maximum Gasteiger partial charge on any atom is 0.318 e. The Morgan fingerprint density at radius 1 is 1.50 bits per heavy atom. The average molecular weight is 333 g/mol. The van der Waals surface area contributed by atoms with Gasteiger partial charge in [0.05, 0.1) is 12.6 Å². The second-order valence-corrected chi connectivity index (χ2v) is 5.78. The van der Waals surface area contributed by atoms with Gasteiger partial charge in [-0.3, -0.25) is 0 Å². The van der Waals surface area contributed by atoms with Crippen molar-refractivity contribution in [3.8, 4) is 0 Å². The van der Waals surface area contributed by atoms with E-state index in [1.54, 1.807) is 13.4 Å². The molecule has 0 aliphatic carbocycles. The van der Waals surface area contributed by atoms with Gasteiger partial charge in [-0.05, 0) is 31.9 Å². The number of methoxy groups -OCH3 is 1. The lowest BCUT2D eigenvalue weighted by Crippen LogP contribution is -2.39. The second-order valence-electron chi connectivity index (χ2n) is 5.78. The number of aryl methyl sites for hydroxylation is 1. The fraction of sp³-hybridized carbons (Fsp3) is 0.562. The van der Waals surface area contributed by atoms with Crippen LogP contribution in [0, 0.1) is 0 Å². The molecule has 0 radical (unpaired) electrons. The van der Waals surface area contributed by atoms with Gasteiger partial charge in [-0.2, -0.15) is 0 Å². The Morgan fingerprint density at radius 3 is 3.17 bits per heavy atom. The van der Waals surface area contributed by atoms with Gasteiger partial charge < -0.3 is 23.9 Å². The molecule has 130 valence electrons. The van der Waals surface area contributed by atoms with Gasteiger partial charge in [0.25, 0.3) is 0 Å². The van der Waals surface area contributed by atoms with Gasteiger partial charge in [0, 0.05) is 20.2 Å². The van der Waals surface area contributed by atoms with Crippen LogP contribution in [0.3, 0.4) is 0 Å². The van der Waals surface area contributed by atoms with E-state index >= 15 is 0 Å². The molecule has 2 aromatic rings. The third-order valence-corrected chi connectivity index (χ3v) is 4.25. The summed E-state index contributed by atoms with van der Waals surface area (Å²) >= 11 is 0. The highest BCUT2D eigenvalue weighted by atomic mass is 16.5. The van der Waals surface area contributed by atoms with Crippen LogP contribution in [-0.4, -0.2) is 39.4 Å². The Balaban J connectivity index is 1.62. The van der Waals surface area contributed by atoms with Crippen molar-refractivity contribution in [3.63, 3.8) is 0 Å². The first-order valence-electron chi connectivity index (χ1n) is 8.21. The molecular formula is C16H23N5O3. The minimum Gasteiger partial charge on any atom is -0.461 e. The molecule has 8 nitrogen and oxygen atoms in total. The minimum atomic E-state index is -0.104. The van der Waals surface area contributed by atoms with Crippen LogP contribution in [0.5, 0.6) is 0 Å². The molecule has 3 heterocycles. The molecule has 1 N–H and O–H groups in total. The molecule has 1 aliphatic rings. The predicted molar refractivity (Wildman–Crippen MR) is 86.0 cm³/mol. The van der Waals surface area contributed by atoms with E-state index in [-0.39, 0.29) is 12.1 Å². The van der Waals surface area contributed by atoms with Crippen LogP contribution in [0.2, 0.25) is 0 Å². The van der Waals surface area contributed by atoms with Crippen LogP contribution in [0.4, 0.5) is 4.79 Å². The largest absolute Gasteiger partial charge is 0.461 e. The van der Waals surface area contributed by atoms with Crippen LogP contribution >= 0.6 is 0 Å². The summed E-state index contributed by atoms with van der Waals surface area (Å²) in [5.74, 6) is 2.34. The number of amides is 2. The molecular weight excluding hydrogens is 310 g/mol. The normalized spacial score (nSPS) is 17.4. The van der Waals surface area contributed by atoms with Crippen molar-refractivity contribution in [3.05, 3.63) is 35.8 Å². The van der Waals surface area contributed by atoms with E-state index in [4.69, 9.17) is 9.15 Å². The van der Waals surface area contributed by atoms with Gasteiger partial charge >= 0.3 is 6.03 Å². The van der Waals surface area contributed by atoms with Crippen LogP contribution in [0.25, 0.3) is 0 Å². The van der Waals surface area contributed by atoms with Gasteiger partial charge in [-0.25, -0.2) is 4.79 Å². The number of hydrogen-bond donors (Lipinski definition) is 1. The van der Waals surface area contributed by atoms with Gasteiger partial charge in [0.1, 0.15) is 24.5 Å². The monoisotopic (exact) mass is 333 g/mol. The maximum atomic E-state index is 12.5. The smallest absolute Gasteiger partial charge is 0.318 e. The molecule has 1 fully saturated rings. The van der Waals surface area contributed by atoms with Crippen molar-refractivity contribution in [2.45, 2.75) is 45.5 Å². The van der Waals surface area contributed by atoms with Crippen LogP contribution in [-0.2, 0) is 24.4 Å². The molecule has 0 spiro atoms. The number of rotatable bonds is 6. The Labute approximate surface area is 140 Å². The van der Waals surface area contributed by atoms with Crippen molar-refractivity contribution in [1.29, 1.82) is 0 Å². The van der Waals surface area contributed by atoms with Crippen LogP contribution in [0.1, 0.15) is 43.2 Å². The van der Waals surface area contributed by atoms with E-state index in [1.807, 2.05) is 28.5 Å². The predicted octanol–water partition coefficient (Wildman–Crippen LogP) is 2.08. The fourth-order valence-corrected chi connectivity index (χ4v) is 3.04. The average Bonchev–Trinajstić information content (AvgIpc) is 3.31. The standard InChI is InChI=1S/C16H23N5O3/c1-3-20-11-18-19-15(20)9-17-16(22)21-8-4-5-13(21)14-7-6-12(24-14)10-23-2/h6-7,11,13H,3-5,8-10H2,1-2H3,(H,17,22)/t13-/m0/s1. The first-order chi connectivity index (χ1) is 11.7. The number of aromatic nitrogens is 3. The molecule has 3 rings (SSSR count). The van der Waals surface area contributed by atoms with Crippen molar-refractivity contribution in [2.24, 2.45) is 0 Å². The molecule has 0 unspecified atom stereocenters. The summed E-state index contributed by atoms with van der Waals surface area (Å²) in [6, 6.07) is 3.70. The number of urea groups is 1. The third-order valence-electron chi connectivity index (χ3n) is 4.25. The Morgan fingerprint density at radius 2 is 2.38 bits per heavy atom. The summed E-state index contributed by atoms with van der Waals surface area (Å²) in [6.45, 7) is 4.31. The lowest BCUT2D eigenvalue weighted by atomic mass is 10.2. The highest BCUT2D eigenvalue weighted by Crippen LogP contribution is 2.33. The molecule has 8 heteroatoms. The molecule has 1 aliphatic heterocycles. The fourth-order valence-electron chi connectivity index (χ4n) is 3.04. The number of hydrogen-bond acceptors (Lipinski definition) is 5. The van der Waals surface area contributed by atoms with Crippen molar-refractivity contribution in [2.75, 3.05) is 13.7 Å². The summed E-state index contributed by atoms with van der Waals surface area (Å²) in [6.07, 6.45) is 3.53. The van der Waals surface area contributed by atoms with Crippen molar-refractivity contribution < 1.29 is 13.9 Å². The van der Waals surface area contributed by atoms with Crippen LogP contribution in [0.15, 0.2) is 22.9 Å². The first kappa shape index (κ1) is 16.5. The number of carbonyl (C=O) groups excluding carboxylic acids is 1. The van der Waals surface area contributed by atoms with E-state index < -0.39 is 0 Å². The lowest BCUT2D eigenvalue weighted by molar-refractivity contribution is 0.156. The highest BCUT2D eigenvalue weighted by Gasteiger charge is 2.32. The minimum absolute atomic E-state index is 0.0281. The van der Waals surface area contributed by atoms with Crippen molar-refractivity contribution >= 4 is 6.03 Å². The summed E-state index contributed by atoms with van der Waals surface area (Å²) in [7, 11) is 1.63. The van der Waals surface area contributed by atoms with Gasteiger partial charge in [-0.15, -0.1) is 10.2 Å². The summed E-state index contributed by atoms with van der Waals surface area (Å²) in [4.78, 5) is 14.4. The molecule has 0 saturated carbocycles. The van der Waals surface area contributed by atoms with E-state index in [1.165, 1.54) is 0 Å². The van der Waals surface area contributed by atoms with E-state index in [0.717, 1.165) is 43.3 Å². The molecule has 24 heavy (non-hydrogen) atoms. The highest BCUT2D eigenvalue weighted by molar-refractivity contribution is 5.74. The molecule has 0 aromatic carbocycles. The molecule has 1 atom stereocenters. The van der Waals surface area contributed by atoms with Gasteiger partial charge in [0.15, 0.2) is 5.82 Å². The lowest BCUT2D eigenvalue weighted by Gasteiger charge is -2.23. The number of furan rings is 1. The quantitative estimate of drug-likeness (QED) is 0.875. The Hall–Kier alpha value is -2.35. The van der Waals surface area contributed by atoms with E-state index in [0.29, 0.717) is 13.2 Å². The second kappa shape index (κ2) is 7.48. The first-order valence-corrected chi connectivity index (χ1v) is 8.21. The topological polar surface area (TPSA) is 85.4 Å². The Bertz CT molecular complexity index is 681. The number of nitrogens with one attached hydrogen (secondary N) is 1. The number of ether oxygens (including phenoxy) is 1. The zero-order valence-electron chi connectivity index (χ0n) is 14.1. The summed E-state index contributed by atoms with van der Waals surface area (Å²) < 4.78 is 12.8. The van der Waals surface area contributed by atoms with Gasteiger partial charge in [-0.1, -0.05) is 0 Å². The van der Waals surface area contributed by atoms with E-state index in [9.17, 15) is 4.79 Å². The van der Waals surface area contributed by atoms with E-state index in [2.05, 4.69) is 15.5 Å². The zero-order valence-corrected chi connectivity index (χ0v) is 14.1. The molecule has 2 aromatic heterocycles. The van der Waals surface area contributed by atoms with Crippen molar-refractivity contribution in [1.82, 2.24) is 25.0 Å². The Kier molecular flexibility index (Phi) is 5.14. The molecule has 0 bridgehead atoms. The maximum absolute atomic E-state index is 12.5. The number of carbonyl (C=O) groups is 1. The summed E-state index contributed by atoms with van der Waals surface area (Å²) in [5.41, 5.74) is 0. The SMILES string of the molecule is CCn1cnnc1CNC(=O)N1CCC[C@H]1c1ccc(COC)o1. The number of likely N-dealkylation sites (tertiary alicyclic amines) is 1. The third kappa shape index (κ3) is 3.43. The number of nitrogens with zero attached hydrogens (tertiary/aromatic N) is 4. The zero-order chi connectivity index (χ0) is 16.9. The van der Waals surface area contributed by atoms with Gasteiger partial charge in [0.2, 0.25) is 0 Å². The molecule has 1 saturated heterocycles. The van der Waals surface area contributed by atoms with Crippen LogP contribution < -0.4 is 5.32 Å². The summed E-state index contributed by atoms with van der Waals surface area (Å²) in [5, 5.41) is 10.8.